The van der Waals surface area contributed by atoms with E-state index in [2.05, 4.69) is 0 Å². The Kier molecular flexibility index (Phi) is 3.41. The summed E-state index contributed by atoms with van der Waals surface area (Å²) in [5.41, 5.74) is -0.911. The van der Waals surface area contributed by atoms with Crippen LogP contribution in [0.1, 0.15) is 48.0 Å². The molecule has 1 saturated heterocycles. The second-order valence-electron chi connectivity index (χ2n) is 6.36. The van der Waals surface area contributed by atoms with Crippen LogP contribution < -0.4 is 5.84 Å². The maximum absolute atomic E-state index is 12.3. The summed E-state index contributed by atoms with van der Waals surface area (Å²) >= 11 is 0. The van der Waals surface area contributed by atoms with Crippen LogP contribution in [0.5, 0.6) is 0 Å². The Labute approximate surface area is 104 Å². The monoisotopic (exact) mass is 240 g/mol. The fourth-order valence-electron chi connectivity index (χ4n) is 3.29. The van der Waals surface area contributed by atoms with E-state index >= 15 is 0 Å². The van der Waals surface area contributed by atoms with Crippen LogP contribution in [-0.2, 0) is 9.59 Å². The molecule has 0 radical (unpaired) electrons. The number of hydrogen-bond acceptors (Lipinski definition) is 3. The van der Waals surface area contributed by atoms with Gasteiger partial charge in [0.1, 0.15) is 0 Å². The fourth-order valence-corrected chi connectivity index (χ4v) is 3.29. The molecule has 1 heterocycles. The van der Waals surface area contributed by atoms with Crippen LogP contribution in [-0.4, -0.2) is 16.8 Å². The third kappa shape index (κ3) is 1.79. The van der Waals surface area contributed by atoms with Gasteiger partial charge in [-0.1, -0.05) is 41.5 Å². The minimum atomic E-state index is -0.649. The summed E-state index contributed by atoms with van der Waals surface area (Å²) in [5, 5.41) is 0.833. The van der Waals surface area contributed by atoms with E-state index in [1.807, 2.05) is 41.5 Å². The molecule has 2 unspecified atom stereocenters. The summed E-state index contributed by atoms with van der Waals surface area (Å²) in [6.07, 6.45) is 0.644. The van der Waals surface area contributed by atoms with Crippen molar-refractivity contribution in [1.29, 1.82) is 0 Å². The van der Waals surface area contributed by atoms with Gasteiger partial charge < -0.3 is 0 Å². The number of carbonyl (C=O) groups excluding carboxylic acids is 2. The van der Waals surface area contributed by atoms with E-state index in [0.29, 0.717) is 6.42 Å². The summed E-state index contributed by atoms with van der Waals surface area (Å²) in [7, 11) is 0. The van der Waals surface area contributed by atoms with Crippen molar-refractivity contribution in [3.8, 4) is 0 Å². The third-order valence-corrected chi connectivity index (χ3v) is 4.10. The number of hydrazine groups is 1. The average Bonchev–Trinajstić information content (AvgIpc) is 2.39. The van der Waals surface area contributed by atoms with Crippen molar-refractivity contribution in [3.05, 3.63) is 0 Å². The number of rotatable bonds is 2. The topological polar surface area (TPSA) is 63.4 Å². The zero-order valence-electron chi connectivity index (χ0n) is 11.7. The predicted octanol–water partition coefficient (Wildman–Crippen LogP) is 1.94. The lowest BCUT2D eigenvalue weighted by molar-refractivity contribution is -0.143. The van der Waals surface area contributed by atoms with E-state index in [0.717, 1.165) is 5.01 Å². The fraction of sp³-hybridized carbons (Fsp3) is 0.846. The maximum Gasteiger partial charge on any atom is 0.250 e. The van der Waals surface area contributed by atoms with Crippen molar-refractivity contribution in [2.24, 2.45) is 28.5 Å². The van der Waals surface area contributed by atoms with Crippen LogP contribution in [0.2, 0.25) is 0 Å². The Balaban J connectivity index is 3.42. The Bertz CT molecular complexity index is 344. The van der Waals surface area contributed by atoms with E-state index in [1.165, 1.54) is 0 Å². The van der Waals surface area contributed by atoms with E-state index in [1.54, 1.807) is 0 Å². The highest BCUT2D eigenvalue weighted by Crippen LogP contribution is 2.52. The van der Waals surface area contributed by atoms with Crippen molar-refractivity contribution in [1.82, 2.24) is 5.01 Å². The van der Waals surface area contributed by atoms with Gasteiger partial charge in [0.05, 0.1) is 11.3 Å². The second-order valence-corrected chi connectivity index (χ2v) is 6.36. The van der Waals surface area contributed by atoms with Gasteiger partial charge in [-0.15, -0.1) is 0 Å². The molecule has 0 spiro atoms. The zero-order valence-corrected chi connectivity index (χ0v) is 11.7. The van der Waals surface area contributed by atoms with E-state index in [4.69, 9.17) is 5.84 Å². The quantitative estimate of drug-likeness (QED) is 0.456. The van der Waals surface area contributed by atoms with Crippen LogP contribution in [0, 0.1) is 22.7 Å². The molecule has 1 rings (SSSR count). The van der Waals surface area contributed by atoms with E-state index in [9.17, 15) is 9.59 Å². The summed E-state index contributed by atoms with van der Waals surface area (Å²) in [4.78, 5) is 24.6. The molecule has 2 N–H and O–H groups in total. The molecule has 0 aromatic carbocycles. The lowest BCUT2D eigenvalue weighted by atomic mass is 9.59. The van der Waals surface area contributed by atoms with Crippen molar-refractivity contribution < 1.29 is 9.59 Å². The zero-order chi connectivity index (χ0) is 13.6. The average molecular weight is 240 g/mol. The smallest absolute Gasteiger partial charge is 0.250 e. The number of nitrogens with two attached hydrogens (primary N) is 1. The van der Waals surface area contributed by atoms with Gasteiger partial charge in [0, 0.05) is 0 Å². The first-order valence-electron chi connectivity index (χ1n) is 6.23. The molecule has 17 heavy (non-hydrogen) atoms. The van der Waals surface area contributed by atoms with Crippen molar-refractivity contribution in [2.45, 2.75) is 48.0 Å². The highest BCUT2D eigenvalue weighted by Gasteiger charge is 2.62. The molecule has 2 amide bonds. The lowest BCUT2D eigenvalue weighted by Gasteiger charge is -2.40. The van der Waals surface area contributed by atoms with Gasteiger partial charge in [0.2, 0.25) is 5.91 Å². The second kappa shape index (κ2) is 4.09. The number of carbonyl (C=O) groups is 2. The number of hydrogen-bond donors (Lipinski definition) is 1. The molecule has 1 aliphatic rings. The minimum Gasteiger partial charge on any atom is -0.273 e. The largest absolute Gasteiger partial charge is 0.273 e. The van der Waals surface area contributed by atoms with Crippen molar-refractivity contribution in [3.63, 3.8) is 0 Å². The summed E-state index contributed by atoms with van der Waals surface area (Å²) in [6.45, 7) is 11.9. The molecular weight excluding hydrogens is 216 g/mol. The molecule has 1 aliphatic heterocycles. The lowest BCUT2D eigenvalue weighted by Crippen LogP contribution is -2.45. The van der Waals surface area contributed by atoms with Gasteiger partial charge in [-0.25, -0.2) is 10.9 Å². The number of imide groups is 1. The molecule has 2 atom stereocenters. The Morgan fingerprint density at radius 3 is 2.06 bits per heavy atom. The summed E-state index contributed by atoms with van der Waals surface area (Å²) in [5.74, 6) is 4.94. The van der Waals surface area contributed by atoms with Crippen LogP contribution in [0.3, 0.4) is 0 Å². The molecule has 0 aromatic rings. The standard InChI is InChI=1S/C13H24N2O2/c1-7-13(8(2)3)9(12(4,5)6)10(16)15(14)11(13)17/h8-9H,7,14H2,1-6H3. The molecule has 1 fully saturated rings. The molecule has 98 valence electrons. The highest BCUT2D eigenvalue weighted by atomic mass is 16.2. The number of nitrogens with zero attached hydrogens (tertiary/aromatic N) is 1. The molecule has 0 bridgehead atoms. The highest BCUT2D eigenvalue weighted by molar-refractivity contribution is 6.07. The van der Waals surface area contributed by atoms with Crippen LogP contribution >= 0.6 is 0 Å². The maximum atomic E-state index is 12.3. The summed E-state index contributed by atoms with van der Waals surface area (Å²) in [6, 6.07) is 0. The molecule has 0 aliphatic carbocycles. The summed E-state index contributed by atoms with van der Waals surface area (Å²) < 4.78 is 0. The van der Waals surface area contributed by atoms with Gasteiger partial charge >= 0.3 is 0 Å². The first kappa shape index (κ1) is 14.2. The molecule has 0 saturated carbocycles. The number of amides is 2. The first-order chi connectivity index (χ1) is 7.60. The molecular formula is C13H24N2O2. The van der Waals surface area contributed by atoms with Crippen molar-refractivity contribution in [2.75, 3.05) is 0 Å². The van der Waals surface area contributed by atoms with Gasteiger partial charge in [0.15, 0.2) is 0 Å². The van der Waals surface area contributed by atoms with E-state index in [-0.39, 0.29) is 29.1 Å². The van der Waals surface area contributed by atoms with Gasteiger partial charge in [0.25, 0.3) is 5.91 Å². The predicted molar refractivity (Wildman–Crippen MR) is 66.5 cm³/mol. The van der Waals surface area contributed by atoms with Gasteiger partial charge in [-0.3, -0.25) is 9.59 Å². The SMILES string of the molecule is CCC1(C(C)C)C(=O)N(N)C(=O)C1C(C)(C)C. The normalized spacial score (nSPS) is 30.6. The first-order valence-corrected chi connectivity index (χ1v) is 6.23. The van der Waals surface area contributed by atoms with Crippen LogP contribution in [0.4, 0.5) is 0 Å². The van der Waals surface area contributed by atoms with Crippen molar-refractivity contribution >= 4 is 11.8 Å². The Hall–Kier alpha value is -0.900. The van der Waals surface area contributed by atoms with Crippen LogP contribution in [0.25, 0.3) is 0 Å². The molecule has 0 aromatic heterocycles. The Morgan fingerprint density at radius 2 is 1.82 bits per heavy atom. The Morgan fingerprint density at radius 1 is 1.35 bits per heavy atom. The molecule has 4 heteroatoms. The van der Waals surface area contributed by atoms with Crippen LogP contribution in [0.15, 0.2) is 0 Å². The van der Waals surface area contributed by atoms with Gasteiger partial charge in [-0.2, -0.15) is 0 Å². The molecule has 4 nitrogen and oxygen atoms in total. The van der Waals surface area contributed by atoms with Gasteiger partial charge in [-0.05, 0) is 17.8 Å². The minimum absolute atomic E-state index is 0.0988. The van der Waals surface area contributed by atoms with E-state index < -0.39 is 5.41 Å². The third-order valence-electron chi connectivity index (χ3n) is 4.10.